The van der Waals surface area contributed by atoms with Crippen molar-refractivity contribution in [3.8, 4) is 11.4 Å². The van der Waals surface area contributed by atoms with E-state index in [1.165, 1.54) is 0 Å². The van der Waals surface area contributed by atoms with Crippen molar-refractivity contribution in [2.75, 3.05) is 40.0 Å². The lowest BCUT2D eigenvalue weighted by atomic mass is 10.0. The number of benzene rings is 2. The number of amides is 1. The molecule has 1 atom stereocenters. The quantitative estimate of drug-likeness (QED) is 0.636. The zero-order valence-corrected chi connectivity index (χ0v) is 18.1. The SMILES string of the molecule is COc1ccc(C(CNC(=O)c2ccc(C)c(-n3cccc3)c2)N2CCOCC2)cc1. The van der Waals surface area contributed by atoms with Gasteiger partial charge in [0.25, 0.3) is 5.91 Å². The Morgan fingerprint density at radius 3 is 2.48 bits per heavy atom. The third-order valence-corrected chi connectivity index (χ3v) is 5.80. The zero-order valence-electron chi connectivity index (χ0n) is 18.1. The molecule has 3 aromatic rings. The number of ether oxygens (including phenoxy) is 2. The lowest BCUT2D eigenvalue weighted by molar-refractivity contribution is 0.0162. The minimum atomic E-state index is -0.0693. The van der Waals surface area contributed by atoms with Gasteiger partial charge < -0.3 is 19.4 Å². The van der Waals surface area contributed by atoms with Gasteiger partial charge in [0.2, 0.25) is 0 Å². The fraction of sp³-hybridized carbons (Fsp3) is 0.320. The standard InChI is InChI=1S/C25H29N3O3/c1-19-5-6-21(17-23(19)27-11-3-4-12-27)25(29)26-18-24(28-13-15-31-16-14-28)20-7-9-22(30-2)10-8-20/h3-12,17,24H,13-16,18H2,1-2H3,(H,26,29). The van der Waals surface area contributed by atoms with E-state index in [0.717, 1.165) is 35.7 Å². The molecule has 1 aromatic heterocycles. The van der Waals surface area contributed by atoms with E-state index in [2.05, 4.69) is 29.3 Å². The van der Waals surface area contributed by atoms with Crippen molar-refractivity contribution in [2.45, 2.75) is 13.0 Å². The number of rotatable bonds is 7. The molecule has 0 aliphatic carbocycles. The van der Waals surface area contributed by atoms with Gasteiger partial charge in [0, 0.05) is 43.3 Å². The number of aryl methyl sites for hydroxylation is 1. The van der Waals surface area contributed by atoms with Crippen molar-refractivity contribution in [3.05, 3.63) is 83.7 Å². The summed E-state index contributed by atoms with van der Waals surface area (Å²) in [5.74, 6) is 0.755. The van der Waals surface area contributed by atoms with Crippen LogP contribution in [0.3, 0.4) is 0 Å². The second-order valence-electron chi connectivity index (χ2n) is 7.74. The maximum absolute atomic E-state index is 13.0. The zero-order chi connectivity index (χ0) is 21.6. The summed E-state index contributed by atoms with van der Waals surface area (Å²) in [6, 6.07) is 17.9. The van der Waals surface area contributed by atoms with E-state index in [-0.39, 0.29) is 11.9 Å². The fourth-order valence-corrected chi connectivity index (χ4v) is 3.99. The summed E-state index contributed by atoms with van der Waals surface area (Å²) in [4.78, 5) is 15.4. The van der Waals surface area contributed by atoms with Crippen LogP contribution in [0.2, 0.25) is 0 Å². The summed E-state index contributed by atoms with van der Waals surface area (Å²) in [5.41, 5.74) is 3.94. The highest BCUT2D eigenvalue weighted by Gasteiger charge is 2.23. The van der Waals surface area contributed by atoms with Gasteiger partial charge in [-0.25, -0.2) is 0 Å². The minimum Gasteiger partial charge on any atom is -0.497 e. The first-order valence-electron chi connectivity index (χ1n) is 10.6. The summed E-state index contributed by atoms with van der Waals surface area (Å²) in [7, 11) is 1.66. The summed E-state index contributed by atoms with van der Waals surface area (Å²) in [6.45, 7) is 5.67. The predicted octanol–water partition coefficient (Wildman–Crippen LogP) is 3.60. The van der Waals surface area contributed by atoms with E-state index in [1.54, 1.807) is 7.11 Å². The summed E-state index contributed by atoms with van der Waals surface area (Å²) in [5, 5.41) is 3.15. The number of morpholine rings is 1. The molecule has 0 spiro atoms. The highest BCUT2D eigenvalue weighted by molar-refractivity contribution is 5.95. The molecular weight excluding hydrogens is 390 g/mol. The molecule has 0 bridgehead atoms. The Morgan fingerprint density at radius 2 is 1.81 bits per heavy atom. The van der Waals surface area contributed by atoms with Crippen molar-refractivity contribution in [2.24, 2.45) is 0 Å². The van der Waals surface area contributed by atoms with Crippen molar-refractivity contribution in [1.29, 1.82) is 0 Å². The Bertz CT molecular complexity index is 993. The Labute approximate surface area is 183 Å². The topological polar surface area (TPSA) is 55.7 Å². The third-order valence-electron chi connectivity index (χ3n) is 5.80. The molecule has 2 heterocycles. The number of hydrogen-bond donors (Lipinski definition) is 1. The molecule has 4 rings (SSSR count). The fourth-order valence-electron chi connectivity index (χ4n) is 3.99. The van der Waals surface area contributed by atoms with Crippen LogP contribution in [0, 0.1) is 6.92 Å². The molecule has 162 valence electrons. The van der Waals surface area contributed by atoms with Gasteiger partial charge in [-0.1, -0.05) is 18.2 Å². The average Bonchev–Trinajstić information content (AvgIpc) is 3.35. The minimum absolute atomic E-state index is 0.0693. The van der Waals surface area contributed by atoms with Crippen molar-refractivity contribution < 1.29 is 14.3 Å². The van der Waals surface area contributed by atoms with Crippen LogP contribution in [-0.2, 0) is 4.74 Å². The highest BCUT2D eigenvalue weighted by Crippen LogP contribution is 2.24. The van der Waals surface area contributed by atoms with Crippen LogP contribution in [0.15, 0.2) is 67.0 Å². The number of aromatic nitrogens is 1. The molecule has 1 amide bonds. The first-order chi connectivity index (χ1) is 15.2. The maximum atomic E-state index is 13.0. The van der Waals surface area contributed by atoms with Gasteiger partial charge in [-0.3, -0.25) is 9.69 Å². The Balaban J connectivity index is 1.51. The molecule has 0 radical (unpaired) electrons. The normalized spacial score (nSPS) is 15.4. The van der Waals surface area contributed by atoms with Gasteiger partial charge in [-0.15, -0.1) is 0 Å². The van der Waals surface area contributed by atoms with Crippen molar-refractivity contribution >= 4 is 5.91 Å². The summed E-state index contributed by atoms with van der Waals surface area (Å²) < 4.78 is 12.8. The molecule has 1 unspecified atom stereocenters. The third kappa shape index (κ3) is 4.98. The molecule has 31 heavy (non-hydrogen) atoms. The van der Waals surface area contributed by atoms with E-state index in [0.29, 0.717) is 25.3 Å². The molecular formula is C25H29N3O3. The van der Waals surface area contributed by atoms with Crippen LogP contribution < -0.4 is 10.1 Å². The molecule has 1 saturated heterocycles. The van der Waals surface area contributed by atoms with Gasteiger partial charge in [-0.2, -0.15) is 0 Å². The number of carbonyl (C=O) groups excluding carboxylic acids is 1. The van der Waals surface area contributed by atoms with Crippen molar-refractivity contribution in [3.63, 3.8) is 0 Å². The van der Waals surface area contributed by atoms with E-state index < -0.39 is 0 Å². The van der Waals surface area contributed by atoms with Gasteiger partial charge >= 0.3 is 0 Å². The Morgan fingerprint density at radius 1 is 1.10 bits per heavy atom. The Kier molecular flexibility index (Phi) is 6.70. The second kappa shape index (κ2) is 9.81. The average molecular weight is 420 g/mol. The molecule has 6 heteroatoms. The van der Waals surface area contributed by atoms with Gasteiger partial charge in [0.05, 0.1) is 26.4 Å². The van der Waals surface area contributed by atoms with E-state index in [1.807, 2.05) is 59.4 Å². The van der Waals surface area contributed by atoms with Crippen LogP contribution in [0.5, 0.6) is 5.75 Å². The van der Waals surface area contributed by atoms with E-state index in [9.17, 15) is 4.79 Å². The van der Waals surface area contributed by atoms with Crippen LogP contribution in [0.1, 0.15) is 27.5 Å². The number of methoxy groups -OCH3 is 1. The van der Waals surface area contributed by atoms with E-state index >= 15 is 0 Å². The van der Waals surface area contributed by atoms with E-state index in [4.69, 9.17) is 9.47 Å². The molecule has 1 aliphatic heterocycles. The molecule has 0 saturated carbocycles. The molecule has 1 N–H and O–H groups in total. The molecule has 6 nitrogen and oxygen atoms in total. The largest absolute Gasteiger partial charge is 0.497 e. The first-order valence-corrected chi connectivity index (χ1v) is 10.6. The number of hydrogen-bond acceptors (Lipinski definition) is 4. The smallest absolute Gasteiger partial charge is 0.251 e. The predicted molar refractivity (Wildman–Crippen MR) is 121 cm³/mol. The molecule has 1 aliphatic rings. The molecule has 1 fully saturated rings. The first kappa shape index (κ1) is 21.2. The van der Waals surface area contributed by atoms with Crippen LogP contribution in [0.4, 0.5) is 0 Å². The molecule has 2 aromatic carbocycles. The van der Waals surface area contributed by atoms with Gasteiger partial charge in [0.15, 0.2) is 0 Å². The van der Waals surface area contributed by atoms with Crippen LogP contribution in [0.25, 0.3) is 5.69 Å². The maximum Gasteiger partial charge on any atom is 0.251 e. The van der Waals surface area contributed by atoms with Crippen LogP contribution in [-0.4, -0.2) is 55.3 Å². The second-order valence-corrected chi connectivity index (χ2v) is 7.74. The lowest BCUT2D eigenvalue weighted by Gasteiger charge is -2.35. The number of nitrogens with zero attached hydrogens (tertiary/aromatic N) is 2. The van der Waals surface area contributed by atoms with Gasteiger partial charge in [-0.05, 0) is 54.4 Å². The summed E-state index contributed by atoms with van der Waals surface area (Å²) in [6.07, 6.45) is 3.98. The Hall–Kier alpha value is -3.09. The number of carbonyl (C=O) groups is 1. The lowest BCUT2D eigenvalue weighted by Crippen LogP contribution is -2.43. The number of nitrogens with one attached hydrogen (secondary N) is 1. The monoisotopic (exact) mass is 419 g/mol. The summed E-state index contributed by atoms with van der Waals surface area (Å²) >= 11 is 0. The van der Waals surface area contributed by atoms with Crippen LogP contribution >= 0.6 is 0 Å². The van der Waals surface area contributed by atoms with Crippen molar-refractivity contribution in [1.82, 2.24) is 14.8 Å². The van der Waals surface area contributed by atoms with Gasteiger partial charge in [0.1, 0.15) is 5.75 Å². The highest BCUT2D eigenvalue weighted by atomic mass is 16.5.